The molecule has 0 spiro atoms. The molecule has 0 aliphatic rings. The lowest BCUT2D eigenvalue weighted by molar-refractivity contribution is 0.291. The average Bonchev–Trinajstić information content (AvgIpc) is 2.37. The molecular weight excluding hydrogens is 221 g/mol. The zero-order chi connectivity index (χ0) is 9.19. The number of hydrogen-bond acceptors (Lipinski definition) is 2. The maximum absolute atomic E-state index is 5.99. The van der Waals surface area contributed by atoms with Crippen LogP contribution in [0.4, 0.5) is 0 Å². The number of nitrogens with zero attached hydrogens (tertiary/aromatic N) is 2. The molecule has 0 saturated carbocycles. The average molecular weight is 240 g/mol. The van der Waals surface area contributed by atoms with Gasteiger partial charge < -0.3 is 10.3 Å². The van der Waals surface area contributed by atoms with Crippen molar-refractivity contribution < 1.29 is 0 Å². The summed E-state index contributed by atoms with van der Waals surface area (Å²) in [6.45, 7) is 7.28. The Labute approximate surface area is 97.9 Å². The second-order valence-corrected chi connectivity index (χ2v) is 4.23. The fourth-order valence-electron chi connectivity index (χ4n) is 0.896. The highest BCUT2D eigenvalue weighted by Crippen LogP contribution is 2.18. The van der Waals surface area contributed by atoms with E-state index < -0.39 is 0 Å². The quantitative estimate of drug-likeness (QED) is 0.860. The zero-order valence-electron chi connectivity index (χ0n) is 8.80. The van der Waals surface area contributed by atoms with E-state index in [2.05, 4.69) is 25.8 Å². The van der Waals surface area contributed by atoms with Gasteiger partial charge in [-0.05, 0) is 5.41 Å². The first kappa shape index (κ1) is 16.2. The minimum Gasteiger partial charge on any atom is -0.336 e. The molecule has 0 aliphatic carbocycles. The van der Waals surface area contributed by atoms with Gasteiger partial charge in [0.05, 0.1) is 6.33 Å². The van der Waals surface area contributed by atoms with E-state index >= 15 is 0 Å². The molecule has 3 nitrogen and oxygen atoms in total. The number of halogens is 2. The van der Waals surface area contributed by atoms with Crippen molar-refractivity contribution in [3.8, 4) is 0 Å². The lowest BCUT2D eigenvalue weighted by atomic mass is 9.87. The molecule has 5 heteroatoms. The lowest BCUT2D eigenvalue weighted by Crippen LogP contribution is -2.38. The predicted molar refractivity (Wildman–Crippen MR) is 64.2 cm³/mol. The molecule has 0 aliphatic heterocycles. The van der Waals surface area contributed by atoms with Gasteiger partial charge in [0.25, 0.3) is 0 Å². The van der Waals surface area contributed by atoms with Crippen LogP contribution in [0.25, 0.3) is 0 Å². The minimum absolute atomic E-state index is 0. The third-order valence-electron chi connectivity index (χ3n) is 2.08. The number of aromatic nitrogens is 2. The van der Waals surface area contributed by atoms with E-state index in [0.29, 0.717) is 0 Å². The van der Waals surface area contributed by atoms with Crippen LogP contribution in [0.5, 0.6) is 0 Å². The van der Waals surface area contributed by atoms with Crippen LogP contribution < -0.4 is 5.73 Å². The van der Waals surface area contributed by atoms with Gasteiger partial charge in [-0.2, -0.15) is 0 Å². The van der Waals surface area contributed by atoms with Crippen molar-refractivity contribution >= 4 is 24.8 Å². The van der Waals surface area contributed by atoms with E-state index in [0.717, 1.165) is 6.54 Å². The SMILES string of the molecule is CC(C)(C)C(N)Cn1ccnc1.Cl.Cl. The van der Waals surface area contributed by atoms with Crippen LogP contribution in [0.15, 0.2) is 18.7 Å². The van der Waals surface area contributed by atoms with Gasteiger partial charge in [0.1, 0.15) is 0 Å². The van der Waals surface area contributed by atoms with Gasteiger partial charge in [0.15, 0.2) is 0 Å². The van der Waals surface area contributed by atoms with E-state index in [1.54, 1.807) is 12.5 Å². The minimum atomic E-state index is 0. The molecule has 0 bridgehead atoms. The van der Waals surface area contributed by atoms with E-state index in [-0.39, 0.29) is 36.3 Å². The van der Waals surface area contributed by atoms with E-state index in [9.17, 15) is 0 Å². The Hall–Kier alpha value is -0.250. The lowest BCUT2D eigenvalue weighted by Gasteiger charge is -2.27. The van der Waals surface area contributed by atoms with Crippen LogP contribution in [0.2, 0.25) is 0 Å². The predicted octanol–water partition coefficient (Wildman–Crippen LogP) is 2.10. The largest absolute Gasteiger partial charge is 0.336 e. The van der Waals surface area contributed by atoms with E-state index in [1.807, 2.05) is 10.8 Å². The first-order valence-electron chi connectivity index (χ1n) is 4.21. The van der Waals surface area contributed by atoms with Gasteiger partial charge in [-0.25, -0.2) is 4.98 Å². The summed E-state index contributed by atoms with van der Waals surface area (Å²) in [5.74, 6) is 0. The summed E-state index contributed by atoms with van der Waals surface area (Å²) in [5, 5.41) is 0. The Balaban J connectivity index is 0. The number of rotatable bonds is 2. The summed E-state index contributed by atoms with van der Waals surface area (Å²) in [5.41, 5.74) is 6.15. The molecule has 0 fully saturated rings. The van der Waals surface area contributed by atoms with Crippen LogP contribution in [-0.4, -0.2) is 15.6 Å². The Bertz CT molecular complexity index is 229. The summed E-state index contributed by atoms with van der Waals surface area (Å²) < 4.78 is 2.01. The second kappa shape index (κ2) is 6.27. The maximum atomic E-state index is 5.99. The molecule has 0 saturated heterocycles. The summed E-state index contributed by atoms with van der Waals surface area (Å²) in [6, 6.07) is 0.173. The Morgan fingerprint density at radius 3 is 2.29 bits per heavy atom. The molecule has 0 radical (unpaired) electrons. The van der Waals surface area contributed by atoms with Gasteiger partial charge in [-0.15, -0.1) is 24.8 Å². The van der Waals surface area contributed by atoms with Crippen LogP contribution >= 0.6 is 24.8 Å². The Kier molecular flexibility index (Phi) is 7.26. The van der Waals surface area contributed by atoms with Crippen molar-refractivity contribution in [2.75, 3.05) is 0 Å². The molecule has 1 unspecified atom stereocenters. The van der Waals surface area contributed by atoms with Gasteiger partial charge in [-0.3, -0.25) is 0 Å². The monoisotopic (exact) mass is 239 g/mol. The highest BCUT2D eigenvalue weighted by atomic mass is 35.5. The molecule has 84 valence electrons. The van der Waals surface area contributed by atoms with Crippen LogP contribution in [-0.2, 0) is 6.54 Å². The first-order valence-corrected chi connectivity index (χ1v) is 4.21. The van der Waals surface area contributed by atoms with Crippen molar-refractivity contribution in [3.05, 3.63) is 18.7 Å². The van der Waals surface area contributed by atoms with Crippen LogP contribution in [0, 0.1) is 5.41 Å². The first-order chi connectivity index (χ1) is 5.50. The number of imidazole rings is 1. The van der Waals surface area contributed by atoms with E-state index in [1.165, 1.54) is 0 Å². The second-order valence-electron chi connectivity index (χ2n) is 4.23. The smallest absolute Gasteiger partial charge is 0.0946 e. The number of hydrogen-bond donors (Lipinski definition) is 1. The zero-order valence-corrected chi connectivity index (χ0v) is 10.4. The summed E-state index contributed by atoms with van der Waals surface area (Å²) in [6.07, 6.45) is 5.51. The summed E-state index contributed by atoms with van der Waals surface area (Å²) in [4.78, 5) is 3.96. The maximum Gasteiger partial charge on any atom is 0.0946 e. The third kappa shape index (κ3) is 4.84. The van der Waals surface area contributed by atoms with Crippen molar-refractivity contribution in [1.82, 2.24) is 9.55 Å². The normalized spacial score (nSPS) is 12.6. The van der Waals surface area contributed by atoms with E-state index in [4.69, 9.17) is 5.73 Å². The van der Waals surface area contributed by atoms with Crippen LogP contribution in [0.3, 0.4) is 0 Å². The molecular formula is C9H19Cl2N3. The van der Waals surface area contributed by atoms with Gasteiger partial charge in [-0.1, -0.05) is 20.8 Å². The highest BCUT2D eigenvalue weighted by Gasteiger charge is 2.20. The molecule has 2 N–H and O–H groups in total. The van der Waals surface area contributed by atoms with Crippen molar-refractivity contribution in [2.45, 2.75) is 33.4 Å². The summed E-state index contributed by atoms with van der Waals surface area (Å²) in [7, 11) is 0. The fraction of sp³-hybridized carbons (Fsp3) is 0.667. The molecule has 1 rings (SSSR count). The van der Waals surface area contributed by atoms with Gasteiger partial charge in [0.2, 0.25) is 0 Å². The van der Waals surface area contributed by atoms with Gasteiger partial charge in [0, 0.05) is 25.0 Å². The van der Waals surface area contributed by atoms with Crippen molar-refractivity contribution in [2.24, 2.45) is 11.1 Å². The molecule has 14 heavy (non-hydrogen) atoms. The highest BCUT2D eigenvalue weighted by molar-refractivity contribution is 5.85. The number of nitrogens with two attached hydrogens (primary N) is 1. The van der Waals surface area contributed by atoms with Crippen molar-refractivity contribution in [3.63, 3.8) is 0 Å². The molecule has 1 heterocycles. The Morgan fingerprint density at radius 1 is 1.36 bits per heavy atom. The fourth-order valence-corrected chi connectivity index (χ4v) is 0.896. The van der Waals surface area contributed by atoms with Gasteiger partial charge >= 0.3 is 0 Å². The molecule has 1 atom stereocenters. The summed E-state index contributed by atoms with van der Waals surface area (Å²) >= 11 is 0. The standard InChI is InChI=1S/C9H17N3.2ClH/c1-9(2,3)8(10)6-12-5-4-11-7-12;;/h4-5,7-8H,6,10H2,1-3H3;2*1H. The molecule has 1 aromatic heterocycles. The molecule has 0 aromatic carbocycles. The molecule has 0 amide bonds. The van der Waals surface area contributed by atoms with Crippen molar-refractivity contribution in [1.29, 1.82) is 0 Å². The van der Waals surface area contributed by atoms with Crippen LogP contribution in [0.1, 0.15) is 20.8 Å². The Morgan fingerprint density at radius 2 is 1.93 bits per heavy atom. The third-order valence-corrected chi connectivity index (χ3v) is 2.08. The molecule has 1 aromatic rings. The topological polar surface area (TPSA) is 43.8 Å².